The Bertz CT molecular complexity index is 1070. The summed E-state index contributed by atoms with van der Waals surface area (Å²) >= 11 is 0. The van der Waals surface area contributed by atoms with E-state index in [0.717, 1.165) is 19.4 Å². The first-order chi connectivity index (χ1) is 14.8. The van der Waals surface area contributed by atoms with Crippen molar-refractivity contribution in [2.24, 2.45) is 16.5 Å². The first-order valence-electron chi connectivity index (χ1n) is 10.2. The third-order valence-corrected chi connectivity index (χ3v) is 5.45. The molecule has 0 spiro atoms. The van der Waals surface area contributed by atoms with Crippen molar-refractivity contribution in [3.05, 3.63) is 39.7 Å². The Morgan fingerprint density at radius 3 is 2.81 bits per heavy atom. The van der Waals surface area contributed by atoms with Crippen molar-refractivity contribution in [1.29, 1.82) is 0 Å². The SMILES string of the molecule is Cc1c(N)c(=O)oc2cc(C(=O)[C@H](CCCN=C(N)N)NC(=O)[C@@H]3CCCN3)ccc12. The molecule has 1 amide bonds. The fraction of sp³-hybridized carbons (Fsp3) is 0.429. The van der Waals surface area contributed by atoms with Crippen molar-refractivity contribution >= 4 is 34.3 Å². The number of amides is 1. The van der Waals surface area contributed by atoms with Crippen LogP contribution in [-0.4, -0.2) is 42.8 Å². The lowest BCUT2D eigenvalue weighted by Gasteiger charge is -2.20. The Morgan fingerprint density at radius 2 is 2.13 bits per heavy atom. The molecule has 10 nitrogen and oxygen atoms in total. The van der Waals surface area contributed by atoms with Gasteiger partial charge in [-0.05, 0) is 50.8 Å². The molecule has 1 aliphatic heterocycles. The lowest BCUT2D eigenvalue weighted by molar-refractivity contribution is -0.123. The Morgan fingerprint density at radius 1 is 1.35 bits per heavy atom. The lowest BCUT2D eigenvalue weighted by Crippen LogP contribution is -2.48. The van der Waals surface area contributed by atoms with Gasteiger partial charge in [0.1, 0.15) is 11.3 Å². The molecule has 0 bridgehead atoms. The molecule has 10 heteroatoms. The van der Waals surface area contributed by atoms with Gasteiger partial charge in [-0.25, -0.2) is 4.79 Å². The molecule has 0 radical (unpaired) electrons. The van der Waals surface area contributed by atoms with Crippen LogP contribution in [0.5, 0.6) is 0 Å². The molecule has 1 aromatic carbocycles. The summed E-state index contributed by atoms with van der Waals surface area (Å²) in [5.74, 6) is -0.523. The Balaban J connectivity index is 1.84. The van der Waals surface area contributed by atoms with Crippen LogP contribution in [0.25, 0.3) is 11.0 Å². The Labute approximate surface area is 179 Å². The van der Waals surface area contributed by atoms with Gasteiger partial charge < -0.3 is 32.3 Å². The van der Waals surface area contributed by atoms with Gasteiger partial charge in [-0.3, -0.25) is 14.6 Å². The summed E-state index contributed by atoms with van der Waals surface area (Å²) < 4.78 is 5.26. The molecule has 1 saturated heterocycles. The number of aliphatic imine (C=N–C) groups is 1. The van der Waals surface area contributed by atoms with Crippen LogP contribution in [0.1, 0.15) is 41.6 Å². The Kier molecular flexibility index (Phi) is 6.91. The number of rotatable bonds is 8. The monoisotopic (exact) mass is 428 g/mol. The first-order valence-corrected chi connectivity index (χ1v) is 10.2. The highest BCUT2D eigenvalue weighted by Gasteiger charge is 2.28. The molecule has 0 aliphatic carbocycles. The van der Waals surface area contributed by atoms with Crippen LogP contribution >= 0.6 is 0 Å². The van der Waals surface area contributed by atoms with Crippen molar-refractivity contribution in [3.63, 3.8) is 0 Å². The average molecular weight is 428 g/mol. The summed E-state index contributed by atoms with van der Waals surface area (Å²) in [5.41, 5.74) is 17.0. The predicted molar refractivity (Wildman–Crippen MR) is 119 cm³/mol. The number of ketones is 1. The smallest absolute Gasteiger partial charge is 0.359 e. The highest BCUT2D eigenvalue weighted by molar-refractivity contribution is 6.04. The largest absolute Gasteiger partial charge is 0.421 e. The fourth-order valence-corrected chi connectivity index (χ4v) is 3.68. The van der Waals surface area contributed by atoms with E-state index in [9.17, 15) is 14.4 Å². The van der Waals surface area contributed by atoms with Gasteiger partial charge in [-0.2, -0.15) is 0 Å². The van der Waals surface area contributed by atoms with Crippen LogP contribution in [0, 0.1) is 6.92 Å². The predicted octanol–water partition coefficient (Wildman–Crippen LogP) is 0.157. The second-order valence-electron chi connectivity index (χ2n) is 7.66. The second-order valence-corrected chi connectivity index (χ2v) is 7.66. The number of nitrogens with one attached hydrogen (secondary N) is 2. The van der Waals surface area contributed by atoms with Gasteiger partial charge >= 0.3 is 5.63 Å². The zero-order valence-electron chi connectivity index (χ0n) is 17.4. The number of hydrogen-bond acceptors (Lipinski definition) is 7. The van der Waals surface area contributed by atoms with Gasteiger partial charge in [0.15, 0.2) is 11.7 Å². The minimum absolute atomic E-state index is 0.0266. The lowest BCUT2D eigenvalue weighted by atomic mass is 9.97. The number of carbonyl (C=O) groups is 2. The molecular formula is C21H28N6O4. The van der Waals surface area contributed by atoms with E-state index in [1.165, 1.54) is 6.07 Å². The van der Waals surface area contributed by atoms with Crippen molar-refractivity contribution in [2.75, 3.05) is 18.8 Å². The van der Waals surface area contributed by atoms with Gasteiger partial charge in [0, 0.05) is 17.5 Å². The zero-order chi connectivity index (χ0) is 22.5. The minimum Gasteiger partial charge on any atom is -0.421 e. The zero-order valence-corrected chi connectivity index (χ0v) is 17.4. The highest BCUT2D eigenvalue weighted by Crippen LogP contribution is 2.23. The number of nitrogens with two attached hydrogens (primary N) is 3. The summed E-state index contributed by atoms with van der Waals surface area (Å²) in [7, 11) is 0. The summed E-state index contributed by atoms with van der Waals surface area (Å²) in [5, 5.41) is 6.63. The molecule has 0 saturated carbocycles. The first kappa shape index (κ1) is 22.3. The number of nitrogens with zero attached hydrogens (tertiary/aromatic N) is 1. The van der Waals surface area contributed by atoms with Gasteiger partial charge in [0.2, 0.25) is 5.91 Å². The molecule has 31 heavy (non-hydrogen) atoms. The molecule has 3 rings (SSSR count). The van der Waals surface area contributed by atoms with E-state index in [0.29, 0.717) is 35.9 Å². The molecule has 2 aromatic rings. The van der Waals surface area contributed by atoms with E-state index in [1.807, 2.05) is 0 Å². The number of hydrogen-bond donors (Lipinski definition) is 5. The van der Waals surface area contributed by atoms with Gasteiger partial charge in [0.25, 0.3) is 0 Å². The topological polar surface area (TPSA) is 179 Å². The second kappa shape index (κ2) is 9.61. The normalized spacial score (nSPS) is 16.7. The molecule has 0 unspecified atom stereocenters. The van der Waals surface area contributed by atoms with Crippen molar-refractivity contribution in [1.82, 2.24) is 10.6 Å². The number of guanidine groups is 1. The summed E-state index contributed by atoms with van der Waals surface area (Å²) in [6.07, 6.45) is 2.50. The van der Waals surface area contributed by atoms with Crippen molar-refractivity contribution < 1.29 is 14.0 Å². The van der Waals surface area contributed by atoms with Gasteiger partial charge in [-0.1, -0.05) is 12.1 Å². The number of nitrogen functional groups attached to an aromatic ring is 1. The quantitative estimate of drug-likeness (QED) is 0.130. The fourth-order valence-electron chi connectivity index (χ4n) is 3.68. The maximum atomic E-state index is 13.2. The van der Waals surface area contributed by atoms with E-state index in [1.54, 1.807) is 19.1 Å². The van der Waals surface area contributed by atoms with Gasteiger partial charge in [-0.15, -0.1) is 0 Å². The van der Waals surface area contributed by atoms with E-state index in [-0.39, 0.29) is 35.0 Å². The molecular weight excluding hydrogens is 400 g/mol. The number of aryl methyl sites for hydroxylation is 1. The number of fused-ring (bicyclic) bond motifs is 1. The Hall–Kier alpha value is -3.40. The molecule has 8 N–H and O–H groups in total. The number of carbonyl (C=O) groups excluding carboxylic acids is 2. The molecule has 1 aliphatic rings. The molecule has 1 fully saturated rings. The number of anilines is 1. The maximum absolute atomic E-state index is 13.2. The molecule has 166 valence electrons. The van der Waals surface area contributed by atoms with Crippen molar-refractivity contribution in [2.45, 2.75) is 44.7 Å². The molecule has 2 atom stereocenters. The van der Waals surface area contributed by atoms with Crippen LogP contribution in [0.4, 0.5) is 5.69 Å². The number of benzene rings is 1. The van der Waals surface area contributed by atoms with E-state index in [4.69, 9.17) is 21.6 Å². The van der Waals surface area contributed by atoms with Crippen LogP contribution in [-0.2, 0) is 4.79 Å². The highest BCUT2D eigenvalue weighted by atomic mass is 16.4. The van der Waals surface area contributed by atoms with Crippen LogP contribution in [0.2, 0.25) is 0 Å². The van der Waals surface area contributed by atoms with E-state index >= 15 is 0 Å². The summed E-state index contributed by atoms with van der Waals surface area (Å²) in [6, 6.07) is 3.76. The molecule has 1 aromatic heterocycles. The molecule has 2 heterocycles. The standard InChI is InChI=1S/C21H28N6O4/c1-11-13-7-6-12(10-16(13)31-20(30)17(11)22)18(28)14(4-2-9-26-21(23)24)27-19(29)15-5-3-8-25-15/h6-7,10,14-15,25H,2-5,8-9,22H2,1H3,(H,27,29)(H4,23,24,26)/t14-,15-/m0/s1. The van der Waals surface area contributed by atoms with Crippen molar-refractivity contribution in [3.8, 4) is 0 Å². The van der Waals surface area contributed by atoms with E-state index < -0.39 is 11.7 Å². The van der Waals surface area contributed by atoms with Crippen LogP contribution < -0.4 is 33.5 Å². The van der Waals surface area contributed by atoms with E-state index in [2.05, 4.69) is 15.6 Å². The van der Waals surface area contributed by atoms with Crippen LogP contribution in [0.3, 0.4) is 0 Å². The third-order valence-electron chi connectivity index (χ3n) is 5.45. The summed E-state index contributed by atoms with van der Waals surface area (Å²) in [6.45, 7) is 2.83. The van der Waals surface area contributed by atoms with Crippen LogP contribution in [0.15, 0.2) is 32.4 Å². The maximum Gasteiger partial charge on any atom is 0.359 e. The van der Waals surface area contributed by atoms with Gasteiger partial charge in [0.05, 0.1) is 12.1 Å². The minimum atomic E-state index is -0.761. The third kappa shape index (κ3) is 5.21. The number of Topliss-reactive ketones (excluding diaryl/α,β-unsaturated/α-hetero) is 1. The average Bonchev–Trinajstić information content (AvgIpc) is 3.28. The summed E-state index contributed by atoms with van der Waals surface area (Å²) in [4.78, 5) is 41.7.